The summed E-state index contributed by atoms with van der Waals surface area (Å²) in [5, 5.41) is 1.05. The zero-order valence-electron chi connectivity index (χ0n) is 10.6. The van der Waals surface area contributed by atoms with Crippen LogP contribution in [-0.4, -0.2) is 0 Å². The van der Waals surface area contributed by atoms with Crippen LogP contribution in [0.5, 0.6) is 5.75 Å². The number of para-hydroxylation sites is 1. The molecule has 1 heterocycles. The molecule has 0 amide bonds. The maximum absolute atomic E-state index is 6.00. The van der Waals surface area contributed by atoms with Gasteiger partial charge >= 0.3 is 0 Å². The highest BCUT2D eigenvalue weighted by Crippen LogP contribution is 2.45. The van der Waals surface area contributed by atoms with E-state index in [0.717, 1.165) is 26.9 Å². The van der Waals surface area contributed by atoms with Crippen LogP contribution in [0.3, 0.4) is 0 Å². The normalized spacial score (nSPS) is 16.9. The number of halogens is 1. The van der Waals surface area contributed by atoms with Gasteiger partial charge in [-0.1, -0.05) is 51.3 Å². The topological polar surface area (TPSA) is 9.23 Å². The smallest absolute Gasteiger partial charge is 0.145 e. The van der Waals surface area contributed by atoms with Crippen molar-refractivity contribution < 1.29 is 4.74 Å². The Hall–Kier alpha value is -0.850. The van der Waals surface area contributed by atoms with Crippen molar-refractivity contribution in [3.8, 4) is 5.75 Å². The fraction of sp³-hybridized carbons (Fsp3) is 0.200. The Labute approximate surface area is 119 Å². The second kappa shape index (κ2) is 4.68. The average molecular weight is 323 g/mol. The largest absolute Gasteiger partial charge is 0.455 e. The number of rotatable bonds is 2. The molecule has 1 unspecified atom stereocenters. The Balaban J connectivity index is 2.75. The van der Waals surface area contributed by atoms with Crippen molar-refractivity contribution in [1.29, 1.82) is 0 Å². The molecule has 1 aliphatic rings. The summed E-state index contributed by atoms with van der Waals surface area (Å²) < 4.78 is 6.74. The van der Waals surface area contributed by atoms with Gasteiger partial charge < -0.3 is 4.74 Å². The standard InChI is InChI=1S/C15H16BrOP/c1-5-10-13(9(2)16)17-14-11(15(10,3)4)7-6-8-12(14)18/h5-8H,1-2,18H2,3-4H3. The molecule has 94 valence electrons. The summed E-state index contributed by atoms with van der Waals surface area (Å²) in [4.78, 5) is 0. The predicted molar refractivity (Wildman–Crippen MR) is 84.7 cm³/mol. The number of hydrogen-bond donors (Lipinski definition) is 0. The summed E-state index contributed by atoms with van der Waals surface area (Å²) in [7, 11) is 2.71. The summed E-state index contributed by atoms with van der Waals surface area (Å²) >= 11 is 3.41. The van der Waals surface area contributed by atoms with Crippen molar-refractivity contribution in [3.05, 3.63) is 58.8 Å². The summed E-state index contributed by atoms with van der Waals surface area (Å²) in [6.45, 7) is 12.2. The first-order chi connectivity index (χ1) is 8.39. The maximum Gasteiger partial charge on any atom is 0.145 e. The molecule has 0 fully saturated rings. The molecule has 1 nitrogen and oxygen atoms in total. The number of ether oxygens (including phenoxy) is 1. The van der Waals surface area contributed by atoms with Crippen LogP contribution in [0.15, 0.2) is 53.2 Å². The van der Waals surface area contributed by atoms with E-state index < -0.39 is 0 Å². The van der Waals surface area contributed by atoms with E-state index in [2.05, 4.69) is 58.2 Å². The van der Waals surface area contributed by atoms with Gasteiger partial charge in [0.15, 0.2) is 0 Å². The van der Waals surface area contributed by atoms with Gasteiger partial charge in [0.05, 0.1) is 4.48 Å². The number of allylic oxidation sites excluding steroid dienone is 3. The lowest BCUT2D eigenvalue weighted by molar-refractivity contribution is 0.390. The fourth-order valence-electron chi connectivity index (χ4n) is 2.30. The molecule has 3 heteroatoms. The molecule has 2 rings (SSSR count). The predicted octanol–water partition coefficient (Wildman–Crippen LogP) is 4.21. The molecule has 0 radical (unpaired) electrons. The third kappa shape index (κ3) is 1.98. The molecule has 0 bridgehead atoms. The van der Waals surface area contributed by atoms with Crippen molar-refractivity contribution in [1.82, 2.24) is 0 Å². The van der Waals surface area contributed by atoms with Crippen molar-refractivity contribution in [2.45, 2.75) is 19.3 Å². The van der Waals surface area contributed by atoms with Gasteiger partial charge in [-0.3, -0.25) is 0 Å². The average Bonchev–Trinajstić information content (AvgIpc) is 2.29. The van der Waals surface area contributed by atoms with Crippen molar-refractivity contribution in [3.63, 3.8) is 0 Å². The highest BCUT2D eigenvalue weighted by Gasteiger charge is 2.35. The summed E-state index contributed by atoms with van der Waals surface area (Å²) in [5.41, 5.74) is 2.07. The zero-order valence-corrected chi connectivity index (χ0v) is 13.3. The van der Waals surface area contributed by atoms with E-state index in [1.807, 2.05) is 18.2 Å². The molecule has 0 spiro atoms. The van der Waals surface area contributed by atoms with Gasteiger partial charge in [0.1, 0.15) is 11.5 Å². The molecule has 1 aromatic carbocycles. The minimum absolute atomic E-state index is 0.145. The first-order valence-corrected chi connectivity index (χ1v) is 7.05. The molecule has 0 aliphatic carbocycles. The Morgan fingerprint density at radius 1 is 1.44 bits per heavy atom. The minimum atomic E-state index is -0.145. The molecule has 18 heavy (non-hydrogen) atoms. The molecule has 0 N–H and O–H groups in total. The first-order valence-electron chi connectivity index (χ1n) is 5.68. The van der Waals surface area contributed by atoms with Crippen LogP contribution < -0.4 is 10.0 Å². The van der Waals surface area contributed by atoms with Crippen LogP contribution in [0.4, 0.5) is 0 Å². The summed E-state index contributed by atoms with van der Waals surface area (Å²) in [6.07, 6.45) is 1.85. The van der Waals surface area contributed by atoms with Crippen LogP contribution in [0.1, 0.15) is 19.4 Å². The van der Waals surface area contributed by atoms with E-state index in [-0.39, 0.29) is 5.41 Å². The number of hydrogen-bond acceptors (Lipinski definition) is 1. The van der Waals surface area contributed by atoms with Gasteiger partial charge in [0, 0.05) is 21.9 Å². The Morgan fingerprint density at radius 3 is 2.67 bits per heavy atom. The van der Waals surface area contributed by atoms with Gasteiger partial charge in [-0.25, -0.2) is 0 Å². The van der Waals surface area contributed by atoms with Gasteiger partial charge in [-0.05, 0) is 15.9 Å². The van der Waals surface area contributed by atoms with E-state index in [9.17, 15) is 0 Å². The van der Waals surface area contributed by atoms with E-state index in [4.69, 9.17) is 4.74 Å². The molecule has 0 aromatic heterocycles. The molecule has 1 aliphatic heterocycles. The minimum Gasteiger partial charge on any atom is -0.455 e. The third-order valence-corrected chi connectivity index (χ3v) is 4.11. The Morgan fingerprint density at radius 2 is 2.11 bits per heavy atom. The van der Waals surface area contributed by atoms with Crippen LogP contribution in [0.25, 0.3) is 0 Å². The van der Waals surface area contributed by atoms with E-state index in [1.54, 1.807) is 0 Å². The van der Waals surface area contributed by atoms with Crippen molar-refractivity contribution in [2.24, 2.45) is 0 Å². The van der Waals surface area contributed by atoms with Gasteiger partial charge in [-0.2, -0.15) is 0 Å². The quantitative estimate of drug-likeness (QED) is 0.741. The fourth-order valence-corrected chi connectivity index (χ4v) is 2.92. The molecular weight excluding hydrogens is 307 g/mol. The highest BCUT2D eigenvalue weighted by molar-refractivity contribution is 9.11. The zero-order chi connectivity index (χ0) is 13.5. The lowest BCUT2D eigenvalue weighted by Crippen LogP contribution is -2.29. The highest BCUT2D eigenvalue weighted by atomic mass is 79.9. The van der Waals surface area contributed by atoms with Gasteiger partial charge in [0.25, 0.3) is 0 Å². The molecule has 1 aromatic rings. The van der Waals surface area contributed by atoms with E-state index >= 15 is 0 Å². The van der Waals surface area contributed by atoms with E-state index in [0.29, 0.717) is 0 Å². The lowest BCUT2D eigenvalue weighted by Gasteiger charge is -2.36. The summed E-state index contributed by atoms with van der Waals surface area (Å²) in [5.74, 6) is 1.66. The second-order valence-corrected chi connectivity index (χ2v) is 6.38. The Kier molecular flexibility index (Phi) is 3.53. The molecular formula is C15H16BrOP. The van der Waals surface area contributed by atoms with Gasteiger partial charge in [-0.15, -0.1) is 9.24 Å². The van der Waals surface area contributed by atoms with E-state index in [1.165, 1.54) is 5.56 Å². The van der Waals surface area contributed by atoms with Gasteiger partial charge in [0.2, 0.25) is 0 Å². The van der Waals surface area contributed by atoms with Crippen LogP contribution in [0, 0.1) is 0 Å². The molecule has 0 saturated heterocycles. The van der Waals surface area contributed by atoms with Crippen LogP contribution in [0.2, 0.25) is 0 Å². The van der Waals surface area contributed by atoms with Crippen LogP contribution in [-0.2, 0) is 5.41 Å². The second-order valence-electron chi connectivity index (χ2n) is 4.80. The number of benzene rings is 1. The monoisotopic (exact) mass is 322 g/mol. The Bertz CT molecular complexity index is 570. The molecule has 1 atom stereocenters. The van der Waals surface area contributed by atoms with Crippen LogP contribution >= 0.6 is 25.2 Å². The third-order valence-electron chi connectivity index (χ3n) is 3.29. The lowest BCUT2D eigenvalue weighted by atomic mass is 9.75. The van der Waals surface area contributed by atoms with Crippen molar-refractivity contribution in [2.75, 3.05) is 0 Å². The first kappa shape index (κ1) is 13.6. The van der Waals surface area contributed by atoms with Crippen molar-refractivity contribution >= 4 is 30.5 Å². The summed E-state index contributed by atoms with van der Waals surface area (Å²) in [6, 6.07) is 6.16. The number of fused-ring (bicyclic) bond motifs is 1. The molecule has 0 saturated carbocycles. The SMILES string of the molecule is C=CC1=C(C(=C)Br)Oc2c(P)cccc2C1(C)C. The maximum atomic E-state index is 6.00.